The summed E-state index contributed by atoms with van der Waals surface area (Å²) in [5, 5.41) is 2.76. The third-order valence-corrected chi connectivity index (χ3v) is 6.98. The standard InChI is InChI=1S/C26H20BrN3O3/c1-15-21(19-9-5-6-10-20(19)28-15)23-22-24(33-30(23)18-7-3-2-4-8-18)26(32)29(25(22)31)17-13-11-16(27)12-14-17/h2-14,22-24,28H,1H3/t22-,23+,24-/m0/s1. The van der Waals surface area contributed by atoms with Gasteiger partial charge in [-0.3, -0.25) is 14.4 Å². The number of benzene rings is 3. The van der Waals surface area contributed by atoms with Gasteiger partial charge in [-0.15, -0.1) is 0 Å². The number of amides is 2. The molecule has 2 amide bonds. The predicted octanol–water partition coefficient (Wildman–Crippen LogP) is 5.29. The van der Waals surface area contributed by atoms with Crippen molar-refractivity contribution in [3.63, 3.8) is 0 Å². The molecule has 1 aromatic heterocycles. The molecule has 2 aliphatic rings. The number of fused-ring (bicyclic) bond motifs is 2. The minimum absolute atomic E-state index is 0.250. The van der Waals surface area contributed by atoms with E-state index in [-0.39, 0.29) is 11.8 Å². The highest BCUT2D eigenvalue weighted by molar-refractivity contribution is 9.10. The summed E-state index contributed by atoms with van der Waals surface area (Å²) < 4.78 is 0.879. The second-order valence-corrected chi connectivity index (χ2v) is 9.27. The van der Waals surface area contributed by atoms with Gasteiger partial charge in [0.25, 0.3) is 5.91 Å². The molecule has 0 aliphatic carbocycles. The Hall–Kier alpha value is -3.42. The van der Waals surface area contributed by atoms with E-state index in [1.54, 1.807) is 17.2 Å². The topological polar surface area (TPSA) is 65.6 Å². The monoisotopic (exact) mass is 501 g/mol. The number of para-hydroxylation sites is 2. The molecule has 0 unspecified atom stereocenters. The molecular weight excluding hydrogens is 482 g/mol. The quantitative estimate of drug-likeness (QED) is 0.387. The van der Waals surface area contributed by atoms with Crippen LogP contribution in [0.25, 0.3) is 10.9 Å². The van der Waals surface area contributed by atoms with Gasteiger partial charge in [0.15, 0.2) is 6.10 Å². The molecule has 164 valence electrons. The van der Waals surface area contributed by atoms with Crippen molar-refractivity contribution >= 4 is 50.0 Å². The molecule has 0 saturated carbocycles. The fraction of sp³-hybridized carbons (Fsp3) is 0.154. The highest BCUT2D eigenvalue weighted by atomic mass is 79.9. The van der Waals surface area contributed by atoms with Crippen LogP contribution in [0.15, 0.2) is 83.3 Å². The Morgan fingerprint density at radius 3 is 2.30 bits per heavy atom. The fourth-order valence-corrected chi connectivity index (χ4v) is 5.29. The Morgan fingerprint density at radius 2 is 1.55 bits per heavy atom. The van der Waals surface area contributed by atoms with Gasteiger partial charge in [-0.2, -0.15) is 0 Å². The van der Waals surface area contributed by atoms with Crippen molar-refractivity contribution in [2.45, 2.75) is 19.1 Å². The van der Waals surface area contributed by atoms with Gasteiger partial charge >= 0.3 is 0 Å². The zero-order chi connectivity index (χ0) is 22.7. The first-order valence-corrected chi connectivity index (χ1v) is 11.6. The summed E-state index contributed by atoms with van der Waals surface area (Å²) in [5.74, 6) is -1.26. The van der Waals surface area contributed by atoms with Crippen LogP contribution in [-0.4, -0.2) is 22.9 Å². The number of nitrogens with zero attached hydrogens (tertiary/aromatic N) is 2. The molecule has 0 radical (unpaired) electrons. The number of carbonyl (C=O) groups is 2. The summed E-state index contributed by atoms with van der Waals surface area (Å²) in [4.78, 5) is 38.2. The number of imide groups is 1. The van der Waals surface area contributed by atoms with E-state index >= 15 is 0 Å². The number of hydrogen-bond donors (Lipinski definition) is 1. The number of hydrogen-bond acceptors (Lipinski definition) is 4. The first-order valence-electron chi connectivity index (χ1n) is 10.8. The van der Waals surface area contributed by atoms with Crippen LogP contribution in [0, 0.1) is 12.8 Å². The van der Waals surface area contributed by atoms with Crippen LogP contribution < -0.4 is 9.96 Å². The lowest BCUT2D eigenvalue weighted by Gasteiger charge is -2.29. The molecule has 6 rings (SSSR count). The first kappa shape index (κ1) is 20.2. The van der Waals surface area contributed by atoms with E-state index in [4.69, 9.17) is 4.84 Å². The lowest BCUT2D eigenvalue weighted by molar-refractivity contribution is -0.126. The van der Waals surface area contributed by atoms with Gasteiger partial charge in [-0.1, -0.05) is 52.3 Å². The molecule has 0 spiro atoms. The van der Waals surface area contributed by atoms with Gasteiger partial charge in [0.05, 0.1) is 17.4 Å². The van der Waals surface area contributed by atoms with E-state index < -0.39 is 18.1 Å². The maximum atomic E-state index is 13.8. The normalized spacial score (nSPS) is 22.4. The summed E-state index contributed by atoms with van der Waals surface area (Å²) in [5.41, 5.74) is 4.27. The van der Waals surface area contributed by atoms with Gasteiger partial charge in [0.2, 0.25) is 5.91 Å². The maximum absolute atomic E-state index is 13.8. The number of rotatable bonds is 3. The number of hydroxylamine groups is 1. The van der Waals surface area contributed by atoms with E-state index in [1.165, 1.54) is 4.90 Å². The van der Waals surface area contributed by atoms with E-state index in [2.05, 4.69) is 20.9 Å². The molecule has 3 heterocycles. The van der Waals surface area contributed by atoms with Crippen molar-refractivity contribution < 1.29 is 14.4 Å². The van der Waals surface area contributed by atoms with Crippen molar-refractivity contribution in [2.75, 3.05) is 9.96 Å². The van der Waals surface area contributed by atoms with Crippen LogP contribution in [-0.2, 0) is 14.4 Å². The average molecular weight is 502 g/mol. The number of anilines is 2. The molecule has 4 aromatic rings. The Balaban J connectivity index is 1.51. The smallest absolute Gasteiger partial charge is 0.266 e. The molecule has 1 N–H and O–H groups in total. The summed E-state index contributed by atoms with van der Waals surface area (Å²) in [6.45, 7) is 2.00. The SMILES string of the molecule is Cc1[nH]c2ccccc2c1[C@@H]1[C@@H]2C(=O)N(c3ccc(Br)cc3)C(=O)[C@H]2ON1c1ccccc1. The van der Waals surface area contributed by atoms with Crippen LogP contribution in [0.2, 0.25) is 0 Å². The predicted molar refractivity (Wildman–Crippen MR) is 130 cm³/mol. The summed E-state index contributed by atoms with van der Waals surface area (Å²) in [7, 11) is 0. The van der Waals surface area contributed by atoms with Crippen molar-refractivity contribution in [1.82, 2.24) is 4.98 Å². The third kappa shape index (κ3) is 3.03. The lowest BCUT2D eigenvalue weighted by atomic mass is 9.89. The molecule has 33 heavy (non-hydrogen) atoms. The second kappa shape index (κ2) is 7.57. The van der Waals surface area contributed by atoms with Crippen LogP contribution in [0.4, 0.5) is 11.4 Å². The second-order valence-electron chi connectivity index (χ2n) is 8.36. The summed E-state index contributed by atoms with van der Waals surface area (Å²) >= 11 is 3.41. The molecular formula is C26H20BrN3O3. The van der Waals surface area contributed by atoms with Crippen LogP contribution in [0.5, 0.6) is 0 Å². The van der Waals surface area contributed by atoms with Crippen LogP contribution in [0.1, 0.15) is 17.3 Å². The van der Waals surface area contributed by atoms with Crippen molar-refractivity contribution in [2.24, 2.45) is 5.92 Å². The first-order chi connectivity index (χ1) is 16.0. The number of nitrogens with one attached hydrogen (secondary N) is 1. The molecule has 2 saturated heterocycles. The third-order valence-electron chi connectivity index (χ3n) is 6.45. The summed E-state index contributed by atoms with van der Waals surface area (Å²) in [6.07, 6.45) is -0.889. The average Bonchev–Trinajstić information content (AvgIpc) is 3.44. The van der Waals surface area contributed by atoms with Gasteiger partial charge in [-0.25, -0.2) is 9.96 Å². The van der Waals surface area contributed by atoms with Gasteiger partial charge in [-0.05, 0) is 49.4 Å². The van der Waals surface area contributed by atoms with E-state index in [1.807, 2.05) is 73.7 Å². The summed E-state index contributed by atoms with van der Waals surface area (Å²) in [6, 6.07) is 24.4. The van der Waals surface area contributed by atoms with Crippen molar-refractivity contribution in [3.8, 4) is 0 Å². The molecule has 0 bridgehead atoms. The Kier molecular flexibility index (Phi) is 4.64. The number of carbonyl (C=O) groups excluding carboxylic acids is 2. The van der Waals surface area contributed by atoms with E-state index in [0.717, 1.165) is 32.3 Å². The molecule has 2 fully saturated rings. The Bertz CT molecular complexity index is 1380. The molecule has 2 aliphatic heterocycles. The number of H-pyrrole nitrogens is 1. The highest BCUT2D eigenvalue weighted by Gasteiger charge is 2.60. The number of halogens is 1. The van der Waals surface area contributed by atoms with Gasteiger partial charge < -0.3 is 4.98 Å². The van der Waals surface area contributed by atoms with Crippen LogP contribution in [0.3, 0.4) is 0 Å². The molecule has 6 nitrogen and oxygen atoms in total. The molecule has 3 atom stereocenters. The lowest BCUT2D eigenvalue weighted by Crippen LogP contribution is -2.37. The molecule has 7 heteroatoms. The minimum atomic E-state index is -0.889. The van der Waals surface area contributed by atoms with Gasteiger partial charge in [0.1, 0.15) is 5.92 Å². The fourth-order valence-electron chi connectivity index (χ4n) is 5.03. The molecule has 3 aromatic carbocycles. The Morgan fingerprint density at radius 1 is 0.848 bits per heavy atom. The van der Waals surface area contributed by atoms with Crippen molar-refractivity contribution in [3.05, 3.63) is 94.6 Å². The highest BCUT2D eigenvalue weighted by Crippen LogP contribution is 2.49. The van der Waals surface area contributed by atoms with E-state index in [0.29, 0.717) is 5.69 Å². The van der Waals surface area contributed by atoms with Crippen LogP contribution >= 0.6 is 15.9 Å². The number of aryl methyl sites for hydroxylation is 1. The largest absolute Gasteiger partial charge is 0.358 e. The van der Waals surface area contributed by atoms with E-state index in [9.17, 15) is 9.59 Å². The number of aromatic amines is 1. The van der Waals surface area contributed by atoms with Gasteiger partial charge in [0, 0.05) is 26.6 Å². The number of aromatic nitrogens is 1. The zero-order valence-corrected chi connectivity index (χ0v) is 19.3. The Labute approximate surface area is 198 Å². The minimum Gasteiger partial charge on any atom is -0.358 e. The maximum Gasteiger partial charge on any atom is 0.266 e. The zero-order valence-electron chi connectivity index (χ0n) is 17.7. The van der Waals surface area contributed by atoms with Crippen molar-refractivity contribution in [1.29, 1.82) is 0 Å².